The van der Waals surface area contributed by atoms with Gasteiger partial charge in [-0.05, 0) is 31.4 Å². The number of hydrogen-bond donors (Lipinski definition) is 1. The molecule has 0 bridgehead atoms. The van der Waals surface area contributed by atoms with Crippen molar-refractivity contribution in [2.75, 3.05) is 5.32 Å². The first-order valence-corrected chi connectivity index (χ1v) is 8.56. The van der Waals surface area contributed by atoms with E-state index in [1.54, 1.807) is 23.1 Å². The predicted molar refractivity (Wildman–Crippen MR) is 85.3 cm³/mol. The van der Waals surface area contributed by atoms with E-state index in [1.165, 1.54) is 5.56 Å². The Morgan fingerprint density at radius 2 is 2.30 bits per heavy atom. The summed E-state index contributed by atoms with van der Waals surface area (Å²) < 4.78 is 0. The Bertz CT molecular complexity index is 624. The molecule has 104 valence electrons. The zero-order chi connectivity index (χ0) is 13.9. The summed E-state index contributed by atoms with van der Waals surface area (Å²) in [6, 6.07) is 8.05. The van der Waals surface area contributed by atoms with Crippen LogP contribution in [0.4, 0.5) is 5.69 Å². The lowest BCUT2D eigenvalue weighted by Gasteiger charge is -2.11. The standard InChI is InChI=1S/C15H16N2OS2/c1-10-16-12(8-19-10)9-20-14-7-6-11-4-2-3-5-13(11)17-15(14)18/h2-5,8,14H,6-7,9H2,1H3,(H,17,18)/t14-/m0/s1. The van der Waals surface area contributed by atoms with Crippen molar-refractivity contribution in [3.8, 4) is 0 Å². The summed E-state index contributed by atoms with van der Waals surface area (Å²) in [7, 11) is 0. The number of benzene rings is 1. The number of thioether (sulfide) groups is 1. The first-order chi connectivity index (χ1) is 9.72. The Balaban J connectivity index is 1.65. The Morgan fingerprint density at radius 1 is 1.45 bits per heavy atom. The topological polar surface area (TPSA) is 42.0 Å². The second-order valence-corrected chi connectivity index (χ2v) is 7.10. The van der Waals surface area contributed by atoms with Crippen LogP contribution in [0.15, 0.2) is 29.6 Å². The molecule has 1 aliphatic rings. The number of amides is 1. The lowest BCUT2D eigenvalue weighted by molar-refractivity contribution is -0.115. The van der Waals surface area contributed by atoms with Crippen LogP contribution in [0.1, 0.15) is 22.7 Å². The van der Waals surface area contributed by atoms with Gasteiger partial charge in [-0.1, -0.05) is 18.2 Å². The van der Waals surface area contributed by atoms with Crippen molar-refractivity contribution >= 4 is 34.7 Å². The van der Waals surface area contributed by atoms with Gasteiger partial charge in [0.15, 0.2) is 0 Å². The smallest absolute Gasteiger partial charge is 0.237 e. The quantitative estimate of drug-likeness (QED) is 0.941. The van der Waals surface area contributed by atoms with E-state index in [4.69, 9.17) is 0 Å². The van der Waals surface area contributed by atoms with Gasteiger partial charge in [0.05, 0.1) is 16.0 Å². The van der Waals surface area contributed by atoms with Gasteiger partial charge >= 0.3 is 0 Å². The van der Waals surface area contributed by atoms with Crippen LogP contribution in [0.3, 0.4) is 0 Å². The van der Waals surface area contributed by atoms with Crippen molar-refractivity contribution in [1.82, 2.24) is 4.98 Å². The van der Waals surface area contributed by atoms with Gasteiger partial charge in [-0.2, -0.15) is 0 Å². The predicted octanol–water partition coefficient (Wildman–Crippen LogP) is 3.64. The molecule has 1 aromatic heterocycles. The van der Waals surface area contributed by atoms with Crippen LogP contribution < -0.4 is 5.32 Å². The van der Waals surface area contributed by atoms with Crippen LogP contribution in [0.25, 0.3) is 0 Å². The van der Waals surface area contributed by atoms with Crippen LogP contribution in [0, 0.1) is 6.92 Å². The lowest BCUT2D eigenvalue weighted by Crippen LogP contribution is -2.23. The Morgan fingerprint density at radius 3 is 3.10 bits per heavy atom. The Labute approximate surface area is 126 Å². The van der Waals surface area contributed by atoms with E-state index < -0.39 is 0 Å². The van der Waals surface area contributed by atoms with E-state index in [2.05, 4.69) is 21.7 Å². The van der Waals surface area contributed by atoms with E-state index >= 15 is 0 Å². The van der Waals surface area contributed by atoms with E-state index in [0.717, 1.165) is 35.0 Å². The highest BCUT2D eigenvalue weighted by atomic mass is 32.2. The molecule has 20 heavy (non-hydrogen) atoms. The van der Waals surface area contributed by atoms with E-state index in [-0.39, 0.29) is 11.2 Å². The molecule has 0 unspecified atom stereocenters. The average molecular weight is 304 g/mol. The second kappa shape index (κ2) is 5.97. The largest absolute Gasteiger partial charge is 0.325 e. The summed E-state index contributed by atoms with van der Waals surface area (Å²) in [5.41, 5.74) is 3.27. The summed E-state index contributed by atoms with van der Waals surface area (Å²) in [5.74, 6) is 0.922. The van der Waals surface area contributed by atoms with Gasteiger partial charge in [0, 0.05) is 16.8 Å². The number of thiazole rings is 1. The first kappa shape index (κ1) is 13.6. The molecule has 0 radical (unpaired) electrons. The molecule has 1 aromatic carbocycles. The lowest BCUT2D eigenvalue weighted by atomic mass is 10.1. The highest BCUT2D eigenvalue weighted by Gasteiger charge is 2.23. The summed E-state index contributed by atoms with van der Waals surface area (Å²) in [6.07, 6.45) is 1.83. The van der Waals surface area contributed by atoms with Crippen LogP contribution in [-0.2, 0) is 17.0 Å². The number of anilines is 1. The third-order valence-corrected chi connectivity index (χ3v) is 5.48. The van der Waals surface area contributed by atoms with Gasteiger partial charge in [-0.25, -0.2) is 4.98 Å². The molecule has 1 atom stereocenters. The molecule has 2 aromatic rings. The van der Waals surface area contributed by atoms with Gasteiger partial charge < -0.3 is 5.32 Å². The van der Waals surface area contributed by atoms with Crippen LogP contribution in [0.5, 0.6) is 0 Å². The molecule has 0 saturated carbocycles. The number of carbonyl (C=O) groups excluding carboxylic acids is 1. The van der Waals surface area contributed by atoms with Crippen molar-refractivity contribution < 1.29 is 4.79 Å². The molecule has 2 heterocycles. The van der Waals surface area contributed by atoms with E-state index in [9.17, 15) is 4.79 Å². The number of nitrogens with zero attached hydrogens (tertiary/aromatic N) is 1. The molecule has 1 aliphatic heterocycles. The number of hydrogen-bond acceptors (Lipinski definition) is 4. The minimum Gasteiger partial charge on any atom is -0.325 e. The maximum Gasteiger partial charge on any atom is 0.237 e. The third kappa shape index (κ3) is 3.04. The minimum absolute atomic E-state index is 0.00408. The molecular weight excluding hydrogens is 288 g/mol. The molecule has 3 nitrogen and oxygen atoms in total. The van der Waals surface area contributed by atoms with Gasteiger partial charge in [0.25, 0.3) is 0 Å². The summed E-state index contributed by atoms with van der Waals surface area (Å²) in [4.78, 5) is 16.7. The molecule has 1 N–H and O–H groups in total. The molecule has 3 rings (SSSR count). The zero-order valence-corrected chi connectivity index (χ0v) is 12.9. The fourth-order valence-corrected chi connectivity index (χ4v) is 4.04. The van der Waals surface area contributed by atoms with Crippen molar-refractivity contribution in [1.29, 1.82) is 0 Å². The van der Waals surface area contributed by atoms with Gasteiger partial charge in [-0.3, -0.25) is 4.79 Å². The number of aryl methyl sites for hydroxylation is 2. The molecule has 5 heteroatoms. The molecule has 0 fully saturated rings. The summed E-state index contributed by atoms with van der Waals surface area (Å²) >= 11 is 3.35. The van der Waals surface area contributed by atoms with Crippen molar-refractivity contribution in [3.05, 3.63) is 45.9 Å². The van der Waals surface area contributed by atoms with Crippen molar-refractivity contribution in [3.63, 3.8) is 0 Å². The van der Waals surface area contributed by atoms with Crippen LogP contribution >= 0.6 is 23.1 Å². The Hall–Kier alpha value is -1.33. The van der Waals surface area contributed by atoms with E-state index in [1.807, 2.05) is 25.1 Å². The highest BCUT2D eigenvalue weighted by Crippen LogP contribution is 2.29. The highest BCUT2D eigenvalue weighted by molar-refractivity contribution is 7.99. The summed E-state index contributed by atoms with van der Waals surface area (Å²) in [6.45, 7) is 2.01. The Kier molecular flexibility index (Phi) is 4.08. The maximum absolute atomic E-state index is 12.3. The summed E-state index contributed by atoms with van der Waals surface area (Å²) in [5, 5.41) is 6.20. The van der Waals surface area contributed by atoms with Crippen LogP contribution in [-0.4, -0.2) is 16.1 Å². The number of carbonyl (C=O) groups is 1. The maximum atomic E-state index is 12.3. The molecule has 0 aliphatic carbocycles. The SMILES string of the molecule is Cc1nc(CS[C@H]2CCc3ccccc3NC2=O)cs1. The third-order valence-electron chi connectivity index (χ3n) is 3.34. The fourth-order valence-electron chi connectivity index (χ4n) is 2.31. The number of para-hydroxylation sites is 1. The molecular formula is C15H16N2OS2. The number of nitrogens with one attached hydrogen (secondary N) is 1. The normalized spacial score (nSPS) is 18.2. The number of rotatable bonds is 3. The molecule has 0 saturated heterocycles. The fraction of sp³-hybridized carbons (Fsp3) is 0.333. The first-order valence-electron chi connectivity index (χ1n) is 6.64. The van der Waals surface area contributed by atoms with E-state index in [0.29, 0.717) is 0 Å². The number of fused-ring (bicyclic) bond motifs is 1. The minimum atomic E-state index is 0.00408. The van der Waals surface area contributed by atoms with Crippen LogP contribution in [0.2, 0.25) is 0 Å². The van der Waals surface area contributed by atoms with Gasteiger partial charge in [0.2, 0.25) is 5.91 Å². The molecule has 1 amide bonds. The zero-order valence-electron chi connectivity index (χ0n) is 11.3. The van der Waals surface area contributed by atoms with Crippen molar-refractivity contribution in [2.45, 2.75) is 30.8 Å². The second-order valence-electron chi connectivity index (χ2n) is 4.84. The molecule has 0 spiro atoms. The van der Waals surface area contributed by atoms with Gasteiger partial charge in [0.1, 0.15) is 0 Å². The monoisotopic (exact) mass is 304 g/mol. The average Bonchev–Trinajstić information content (AvgIpc) is 2.78. The number of aromatic nitrogens is 1. The van der Waals surface area contributed by atoms with Crippen molar-refractivity contribution in [2.24, 2.45) is 0 Å². The van der Waals surface area contributed by atoms with Gasteiger partial charge in [-0.15, -0.1) is 23.1 Å².